The molecule has 17 heavy (non-hydrogen) atoms. The molecule has 1 N–H and O–H groups in total. The third-order valence-electron chi connectivity index (χ3n) is 3.40. The Morgan fingerprint density at radius 3 is 2.29 bits per heavy atom. The van der Waals surface area contributed by atoms with E-state index in [0.29, 0.717) is 25.4 Å². The number of nitrogens with one attached hydrogen (secondary N) is 1. The minimum Gasteiger partial charge on any atom is -0.384 e. The van der Waals surface area contributed by atoms with Gasteiger partial charge in [0.15, 0.2) is 0 Å². The highest BCUT2D eigenvalue weighted by molar-refractivity contribution is 4.81. The van der Waals surface area contributed by atoms with Gasteiger partial charge in [0, 0.05) is 26.3 Å². The van der Waals surface area contributed by atoms with E-state index in [2.05, 4.69) is 12.2 Å². The Morgan fingerprint density at radius 2 is 1.82 bits per heavy atom. The smallest absolute Gasteiger partial charge is 0.384 e. The second-order valence-electron chi connectivity index (χ2n) is 5.06. The molecule has 0 radical (unpaired) electrons. The molecule has 1 aliphatic carbocycles. The normalized spacial score (nSPS) is 28.1. The summed E-state index contributed by atoms with van der Waals surface area (Å²) in [6.07, 6.45) is -2.22. The minimum absolute atomic E-state index is 0.243. The van der Waals surface area contributed by atoms with Crippen LogP contribution in [0, 0.1) is 11.8 Å². The molecule has 0 amide bonds. The summed E-state index contributed by atoms with van der Waals surface area (Å²) < 4.78 is 42.4. The van der Waals surface area contributed by atoms with Gasteiger partial charge < -0.3 is 10.1 Å². The van der Waals surface area contributed by atoms with Crippen molar-refractivity contribution in [1.82, 2.24) is 5.32 Å². The molecule has 1 fully saturated rings. The molecular formula is C12H22F3NO. The van der Waals surface area contributed by atoms with E-state index in [-0.39, 0.29) is 18.9 Å². The Kier molecular flexibility index (Phi) is 5.73. The van der Waals surface area contributed by atoms with E-state index in [0.717, 1.165) is 6.54 Å². The first-order valence-corrected chi connectivity index (χ1v) is 6.22. The van der Waals surface area contributed by atoms with Gasteiger partial charge in [0.25, 0.3) is 0 Å². The maximum atomic E-state index is 12.4. The highest BCUT2D eigenvalue weighted by Gasteiger charge is 2.41. The lowest BCUT2D eigenvalue weighted by atomic mass is 9.85. The molecule has 1 unspecified atom stereocenters. The molecule has 1 saturated carbocycles. The van der Waals surface area contributed by atoms with Crippen molar-refractivity contribution >= 4 is 0 Å². The summed E-state index contributed by atoms with van der Waals surface area (Å²) in [5.41, 5.74) is 0. The molecule has 0 spiro atoms. The molecule has 1 rings (SSSR count). The van der Waals surface area contributed by atoms with Crippen LogP contribution in [-0.2, 0) is 4.74 Å². The molecule has 5 heteroatoms. The number of rotatable bonds is 5. The number of halogens is 3. The first kappa shape index (κ1) is 14.8. The van der Waals surface area contributed by atoms with E-state index in [1.165, 1.54) is 0 Å². The summed E-state index contributed by atoms with van der Waals surface area (Å²) in [5, 5.41) is 3.33. The van der Waals surface area contributed by atoms with Gasteiger partial charge in [-0.05, 0) is 31.6 Å². The van der Waals surface area contributed by atoms with E-state index in [9.17, 15) is 13.2 Å². The molecule has 0 aromatic rings. The standard InChI is InChI=1S/C12H22F3NO/c1-9(8-17-2)7-16-11-5-3-10(4-6-11)12(13,14)15/h9-11,16H,3-8H2,1-2H3. The maximum absolute atomic E-state index is 12.4. The number of ether oxygens (including phenoxy) is 1. The van der Waals surface area contributed by atoms with Crippen LogP contribution in [0.3, 0.4) is 0 Å². The van der Waals surface area contributed by atoms with Crippen LogP contribution in [0.5, 0.6) is 0 Å². The lowest BCUT2D eigenvalue weighted by Gasteiger charge is -2.31. The molecule has 2 nitrogen and oxygen atoms in total. The average Bonchev–Trinajstić information content (AvgIpc) is 2.26. The SMILES string of the molecule is COCC(C)CNC1CCC(C(F)(F)F)CC1. The summed E-state index contributed by atoms with van der Waals surface area (Å²) in [7, 11) is 1.66. The van der Waals surface area contributed by atoms with Gasteiger partial charge in [-0.25, -0.2) is 0 Å². The van der Waals surface area contributed by atoms with Crippen molar-refractivity contribution in [3.05, 3.63) is 0 Å². The van der Waals surface area contributed by atoms with Gasteiger partial charge >= 0.3 is 6.18 Å². The highest BCUT2D eigenvalue weighted by Crippen LogP contribution is 2.37. The molecule has 0 bridgehead atoms. The molecule has 0 aliphatic heterocycles. The molecule has 102 valence electrons. The van der Waals surface area contributed by atoms with Gasteiger partial charge in [0.2, 0.25) is 0 Å². The fourth-order valence-corrected chi connectivity index (χ4v) is 2.34. The van der Waals surface area contributed by atoms with Crippen molar-refractivity contribution in [2.45, 2.75) is 44.8 Å². The van der Waals surface area contributed by atoms with E-state index < -0.39 is 12.1 Å². The second kappa shape index (κ2) is 6.59. The zero-order valence-corrected chi connectivity index (χ0v) is 10.5. The molecule has 1 aliphatic rings. The van der Waals surface area contributed by atoms with Crippen LogP contribution in [0.1, 0.15) is 32.6 Å². The summed E-state index contributed by atoms with van der Waals surface area (Å²) in [4.78, 5) is 0. The third kappa shape index (κ3) is 5.25. The zero-order valence-electron chi connectivity index (χ0n) is 10.5. The van der Waals surface area contributed by atoms with Crippen LogP contribution in [0.15, 0.2) is 0 Å². The first-order valence-electron chi connectivity index (χ1n) is 6.22. The van der Waals surface area contributed by atoms with Gasteiger partial charge in [0.1, 0.15) is 0 Å². The van der Waals surface area contributed by atoms with Gasteiger partial charge in [-0.1, -0.05) is 6.92 Å². The van der Waals surface area contributed by atoms with Crippen LogP contribution in [0.4, 0.5) is 13.2 Å². The zero-order chi connectivity index (χ0) is 12.9. The van der Waals surface area contributed by atoms with Crippen molar-refractivity contribution in [1.29, 1.82) is 0 Å². The monoisotopic (exact) mass is 253 g/mol. The topological polar surface area (TPSA) is 21.3 Å². The maximum Gasteiger partial charge on any atom is 0.391 e. The fourth-order valence-electron chi connectivity index (χ4n) is 2.34. The van der Waals surface area contributed by atoms with Crippen LogP contribution in [-0.4, -0.2) is 32.5 Å². The van der Waals surface area contributed by atoms with Crippen LogP contribution < -0.4 is 5.32 Å². The van der Waals surface area contributed by atoms with E-state index in [1.54, 1.807) is 7.11 Å². The first-order chi connectivity index (χ1) is 7.93. The quantitative estimate of drug-likeness (QED) is 0.813. The number of hydrogen-bond donors (Lipinski definition) is 1. The summed E-state index contributed by atoms with van der Waals surface area (Å²) in [5.74, 6) is -0.683. The summed E-state index contributed by atoms with van der Waals surface area (Å²) in [6, 6.07) is 0.243. The Bertz CT molecular complexity index is 212. The number of methoxy groups -OCH3 is 1. The van der Waals surface area contributed by atoms with Gasteiger partial charge in [-0.3, -0.25) is 0 Å². The molecule has 0 heterocycles. The average molecular weight is 253 g/mol. The van der Waals surface area contributed by atoms with Gasteiger partial charge in [-0.2, -0.15) is 13.2 Å². The largest absolute Gasteiger partial charge is 0.391 e. The van der Waals surface area contributed by atoms with Crippen molar-refractivity contribution in [3.63, 3.8) is 0 Å². The van der Waals surface area contributed by atoms with Crippen LogP contribution >= 0.6 is 0 Å². The molecular weight excluding hydrogens is 231 g/mol. The Balaban J connectivity index is 2.19. The van der Waals surface area contributed by atoms with Gasteiger partial charge in [-0.15, -0.1) is 0 Å². The summed E-state index contributed by atoms with van der Waals surface area (Å²) in [6.45, 7) is 3.57. The lowest BCUT2D eigenvalue weighted by Crippen LogP contribution is -2.39. The summed E-state index contributed by atoms with van der Waals surface area (Å²) >= 11 is 0. The second-order valence-corrected chi connectivity index (χ2v) is 5.06. The third-order valence-corrected chi connectivity index (χ3v) is 3.40. The Morgan fingerprint density at radius 1 is 1.24 bits per heavy atom. The highest BCUT2D eigenvalue weighted by atomic mass is 19.4. The van der Waals surface area contributed by atoms with Crippen molar-refractivity contribution in [2.24, 2.45) is 11.8 Å². The Hall–Kier alpha value is -0.290. The van der Waals surface area contributed by atoms with Crippen molar-refractivity contribution in [2.75, 3.05) is 20.3 Å². The number of hydrogen-bond acceptors (Lipinski definition) is 2. The number of alkyl halides is 3. The van der Waals surface area contributed by atoms with E-state index in [4.69, 9.17) is 4.74 Å². The lowest BCUT2D eigenvalue weighted by molar-refractivity contribution is -0.182. The predicted octanol–water partition coefficient (Wildman–Crippen LogP) is 2.98. The van der Waals surface area contributed by atoms with Gasteiger partial charge in [0.05, 0.1) is 5.92 Å². The van der Waals surface area contributed by atoms with Crippen molar-refractivity contribution in [3.8, 4) is 0 Å². The van der Waals surface area contributed by atoms with E-state index in [1.807, 2.05) is 0 Å². The van der Waals surface area contributed by atoms with Crippen LogP contribution in [0.2, 0.25) is 0 Å². The van der Waals surface area contributed by atoms with Crippen LogP contribution in [0.25, 0.3) is 0 Å². The minimum atomic E-state index is -4.01. The predicted molar refractivity (Wildman–Crippen MR) is 60.8 cm³/mol. The van der Waals surface area contributed by atoms with Crippen molar-refractivity contribution < 1.29 is 17.9 Å². The Labute approximate surface area is 101 Å². The molecule has 0 aromatic heterocycles. The molecule has 1 atom stereocenters. The molecule has 0 aromatic carbocycles. The molecule has 0 saturated heterocycles. The fraction of sp³-hybridized carbons (Fsp3) is 1.00. The van der Waals surface area contributed by atoms with E-state index >= 15 is 0 Å².